The molecule has 1 N–H and O–H groups in total. The van der Waals surface area contributed by atoms with Crippen molar-refractivity contribution in [1.29, 1.82) is 0 Å². The lowest BCUT2D eigenvalue weighted by Crippen LogP contribution is -2.37. The van der Waals surface area contributed by atoms with E-state index < -0.39 is 32.5 Å². The Kier molecular flexibility index (Phi) is 37.6. The SMILES string of the molecule is CCCCC/C=C/C/C=C/C/C=C/C/C=C/CCCCCC(=O)OC[C@@H](COP(=O)(O)OCC[N+](C)(C)C)OC(=O)CCCCCCC/C=C/CCCCCCC. The summed E-state index contributed by atoms with van der Waals surface area (Å²) in [5, 5.41) is 0. The lowest BCUT2D eigenvalue weighted by molar-refractivity contribution is -0.870. The van der Waals surface area contributed by atoms with E-state index in [1.165, 1.54) is 64.2 Å². The molecule has 0 aliphatic carbocycles. The molecule has 2 atom stereocenters. The van der Waals surface area contributed by atoms with E-state index in [0.29, 0.717) is 23.9 Å². The summed E-state index contributed by atoms with van der Waals surface area (Å²) in [5.74, 6) is -0.848. The van der Waals surface area contributed by atoms with Crippen LogP contribution in [0.3, 0.4) is 0 Å². The fraction of sp³-hybridized carbons (Fsp3) is 0.745. The first kappa shape index (κ1) is 54.7. The van der Waals surface area contributed by atoms with E-state index in [9.17, 15) is 19.0 Å². The number of hydrogen-bond acceptors (Lipinski definition) is 7. The average Bonchev–Trinajstić information content (AvgIpc) is 3.16. The summed E-state index contributed by atoms with van der Waals surface area (Å²) < 4.78 is 34.3. The molecule has 0 spiro atoms. The number of phosphoric ester groups is 1. The number of allylic oxidation sites excluding steroid dienone is 10. The summed E-state index contributed by atoms with van der Waals surface area (Å²) in [5.41, 5.74) is 0. The van der Waals surface area contributed by atoms with Crippen molar-refractivity contribution >= 4 is 19.8 Å². The van der Waals surface area contributed by atoms with E-state index in [0.717, 1.165) is 70.6 Å². The van der Waals surface area contributed by atoms with Gasteiger partial charge in [0, 0.05) is 12.8 Å². The molecule has 0 heterocycles. The second kappa shape index (κ2) is 39.2. The summed E-state index contributed by atoms with van der Waals surface area (Å²) in [7, 11) is 1.44. The van der Waals surface area contributed by atoms with Crippen LogP contribution in [0.25, 0.3) is 0 Å². The Balaban J connectivity index is 4.42. The van der Waals surface area contributed by atoms with E-state index in [1.807, 2.05) is 21.1 Å². The van der Waals surface area contributed by atoms with Crippen LogP contribution in [0, 0.1) is 0 Å². The van der Waals surface area contributed by atoms with Gasteiger partial charge in [-0.05, 0) is 83.5 Å². The van der Waals surface area contributed by atoms with Crippen molar-refractivity contribution in [2.24, 2.45) is 0 Å². The Bertz CT molecular complexity index is 1160. The Morgan fingerprint density at radius 3 is 1.47 bits per heavy atom. The first-order chi connectivity index (χ1) is 27.5. The molecule has 0 aromatic heterocycles. The number of unbranched alkanes of at least 4 members (excludes halogenated alkanes) is 16. The van der Waals surface area contributed by atoms with Gasteiger partial charge in [0.05, 0.1) is 27.7 Å². The smallest absolute Gasteiger partial charge is 0.462 e. The molecule has 0 aliphatic rings. The van der Waals surface area contributed by atoms with Crippen molar-refractivity contribution in [1.82, 2.24) is 0 Å². The molecule has 0 amide bonds. The zero-order valence-corrected chi connectivity index (χ0v) is 38.0. The number of nitrogens with zero attached hydrogens (tertiary/aromatic N) is 1. The molecule has 0 aromatic carbocycles. The molecule has 9 nitrogen and oxygen atoms in total. The normalized spacial score (nSPS) is 14.1. The Labute approximate surface area is 349 Å². The van der Waals surface area contributed by atoms with Crippen LogP contribution in [0.5, 0.6) is 0 Å². The van der Waals surface area contributed by atoms with Crippen LogP contribution in [0.4, 0.5) is 0 Å². The van der Waals surface area contributed by atoms with Crippen LogP contribution >= 0.6 is 7.82 Å². The summed E-state index contributed by atoms with van der Waals surface area (Å²) >= 11 is 0. The molecule has 0 rings (SSSR count). The number of ether oxygens (including phenoxy) is 2. The molecule has 0 bridgehead atoms. The number of hydrogen-bond donors (Lipinski definition) is 1. The van der Waals surface area contributed by atoms with Crippen LogP contribution in [0.1, 0.15) is 174 Å². The molecule has 0 fully saturated rings. The van der Waals surface area contributed by atoms with Gasteiger partial charge in [0.15, 0.2) is 6.10 Å². The number of carbonyl (C=O) groups is 2. The quantitative estimate of drug-likeness (QED) is 0.0214. The maximum absolute atomic E-state index is 12.7. The minimum absolute atomic E-state index is 0.0224. The zero-order valence-electron chi connectivity index (χ0n) is 37.1. The van der Waals surface area contributed by atoms with Crippen LogP contribution in [0.15, 0.2) is 60.8 Å². The fourth-order valence-corrected chi connectivity index (χ4v) is 6.44. The van der Waals surface area contributed by atoms with E-state index in [-0.39, 0.29) is 26.1 Å². The lowest BCUT2D eigenvalue weighted by atomic mass is 10.1. The van der Waals surface area contributed by atoms with Crippen LogP contribution in [-0.2, 0) is 32.7 Å². The number of quaternary nitrogens is 1. The summed E-state index contributed by atoms with van der Waals surface area (Å²) in [6.07, 6.45) is 46.9. The third kappa shape index (κ3) is 43.1. The predicted octanol–water partition coefficient (Wildman–Crippen LogP) is 12.9. The van der Waals surface area contributed by atoms with Crippen LogP contribution in [-0.4, -0.2) is 74.9 Å². The molecule has 0 saturated heterocycles. The summed E-state index contributed by atoms with van der Waals surface area (Å²) in [6, 6.07) is 0. The van der Waals surface area contributed by atoms with Gasteiger partial charge in [0.25, 0.3) is 0 Å². The van der Waals surface area contributed by atoms with E-state index in [1.54, 1.807) is 0 Å². The Morgan fingerprint density at radius 1 is 0.544 bits per heavy atom. The highest BCUT2D eigenvalue weighted by Gasteiger charge is 2.27. The number of esters is 2. The maximum Gasteiger partial charge on any atom is 0.472 e. The van der Waals surface area contributed by atoms with E-state index >= 15 is 0 Å². The minimum Gasteiger partial charge on any atom is -0.462 e. The van der Waals surface area contributed by atoms with Crippen molar-refractivity contribution in [3.63, 3.8) is 0 Å². The third-order valence-corrected chi connectivity index (χ3v) is 10.3. The molecular weight excluding hydrogens is 737 g/mol. The molecule has 330 valence electrons. The highest BCUT2D eigenvalue weighted by molar-refractivity contribution is 7.47. The van der Waals surface area contributed by atoms with Gasteiger partial charge in [-0.25, -0.2) is 4.57 Å². The summed E-state index contributed by atoms with van der Waals surface area (Å²) in [4.78, 5) is 35.4. The topological polar surface area (TPSA) is 108 Å². The standard InChI is InChI=1S/C47H84NO8P/c1-6-8-10-12-14-16-18-20-22-23-24-25-26-28-29-31-33-35-37-39-46(49)53-43-45(44-55-57(51,52)54-42-41-48(3,4)5)56-47(50)40-38-36-34-32-30-27-21-19-17-15-13-11-9-7-2/h14,16,19-22,24-25,28-29,45H,6-13,15,17-18,23,26-27,30-44H2,1-5H3/p+1/b16-14+,21-19+,22-20+,25-24+,29-28+/t45-/m0/s1. The van der Waals surface area contributed by atoms with Crippen molar-refractivity contribution in [2.45, 2.75) is 180 Å². The molecule has 1 unspecified atom stereocenters. The molecule has 0 saturated carbocycles. The van der Waals surface area contributed by atoms with Crippen molar-refractivity contribution in [2.75, 3.05) is 47.5 Å². The van der Waals surface area contributed by atoms with Crippen molar-refractivity contribution in [3.8, 4) is 0 Å². The minimum atomic E-state index is -4.39. The van der Waals surface area contributed by atoms with Crippen LogP contribution in [0.2, 0.25) is 0 Å². The van der Waals surface area contributed by atoms with Gasteiger partial charge in [0.1, 0.15) is 19.8 Å². The average molecular weight is 823 g/mol. The predicted molar refractivity (Wildman–Crippen MR) is 238 cm³/mol. The van der Waals surface area contributed by atoms with E-state index in [2.05, 4.69) is 74.6 Å². The zero-order chi connectivity index (χ0) is 42.1. The fourth-order valence-electron chi connectivity index (χ4n) is 5.70. The molecule has 0 aliphatic heterocycles. The second-order valence-electron chi connectivity index (χ2n) is 16.1. The van der Waals surface area contributed by atoms with Gasteiger partial charge in [-0.1, -0.05) is 139 Å². The maximum atomic E-state index is 12.7. The molecule has 0 aromatic rings. The monoisotopic (exact) mass is 823 g/mol. The number of rotatable bonds is 40. The van der Waals surface area contributed by atoms with Crippen molar-refractivity contribution < 1.29 is 42.1 Å². The van der Waals surface area contributed by atoms with Gasteiger partial charge < -0.3 is 18.9 Å². The largest absolute Gasteiger partial charge is 0.472 e. The summed E-state index contributed by atoms with van der Waals surface area (Å²) in [6.45, 7) is 4.33. The highest BCUT2D eigenvalue weighted by atomic mass is 31.2. The van der Waals surface area contributed by atoms with Gasteiger partial charge >= 0.3 is 19.8 Å². The molecule has 57 heavy (non-hydrogen) atoms. The van der Waals surface area contributed by atoms with Gasteiger partial charge in [-0.15, -0.1) is 0 Å². The number of likely N-dealkylation sites (N-methyl/N-ethyl adjacent to an activating group) is 1. The third-order valence-electron chi connectivity index (χ3n) is 9.27. The highest BCUT2D eigenvalue weighted by Crippen LogP contribution is 2.43. The number of carbonyl (C=O) groups excluding carboxylic acids is 2. The molecule has 10 heteroatoms. The van der Waals surface area contributed by atoms with E-state index in [4.69, 9.17) is 18.5 Å². The van der Waals surface area contributed by atoms with Gasteiger partial charge in [0.2, 0.25) is 0 Å². The lowest BCUT2D eigenvalue weighted by Gasteiger charge is -2.24. The first-order valence-corrected chi connectivity index (χ1v) is 24.0. The Morgan fingerprint density at radius 2 is 0.947 bits per heavy atom. The Hall–Kier alpha value is -2.29. The number of phosphoric acid groups is 1. The first-order valence-electron chi connectivity index (χ1n) is 22.5. The molecule has 0 radical (unpaired) electrons. The van der Waals surface area contributed by atoms with Gasteiger partial charge in [-0.2, -0.15) is 0 Å². The second-order valence-corrected chi connectivity index (χ2v) is 17.5. The van der Waals surface area contributed by atoms with Crippen molar-refractivity contribution in [3.05, 3.63) is 60.8 Å². The van der Waals surface area contributed by atoms with Crippen LogP contribution < -0.4 is 0 Å². The van der Waals surface area contributed by atoms with Gasteiger partial charge in [-0.3, -0.25) is 18.6 Å². The molecular formula is C47H85NO8P+.